The summed E-state index contributed by atoms with van der Waals surface area (Å²) in [6.07, 6.45) is -0.612. The van der Waals surface area contributed by atoms with Crippen molar-refractivity contribution >= 4 is 23.2 Å². The quantitative estimate of drug-likeness (QED) is 0.815. The monoisotopic (exact) mass is 291 g/mol. The number of hydrogen-bond acceptors (Lipinski definition) is 4. The molecule has 0 saturated heterocycles. The van der Waals surface area contributed by atoms with Crippen LogP contribution in [0.5, 0.6) is 5.75 Å². The van der Waals surface area contributed by atoms with Gasteiger partial charge >= 0.3 is 0 Å². The molecule has 2 rings (SSSR count). The van der Waals surface area contributed by atoms with Crippen LogP contribution in [0.3, 0.4) is 0 Å². The molecule has 1 heterocycles. The van der Waals surface area contributed by atoms with Crippen LogP contribution >= 0.6 is 0 Å². The molecule has 1 atom stereocenters. The van der Waals surface area contributed by atoms with E-state index in [1.54, 1.807) is 25.1 Å². The van der Waals surface area contributed by atoms with Gasteiger partial charge in [0.1, 0.15) is 12.3 Å². The largest absolute Gasteiger partial charge is 0.479 e. The predicted molar refractivity (Wildman–Crippen MR) is 81.1 cm³/mol. The third-order valence-corrected chi connectivity index (χ3v) is 3.20. The molecule has 0 fully saturated rings. The van der Waals surface area contributed by atoms with E-state index in [1.165, 1.54) is 4.90 Å². The Morgan fingerprint density at radius 3 is 2.86 bits per heavy atom. The summed E-state index contributed by atoms with van der Waals surface area (Å²) in [6.45, 7) is 6.24. The number of nitrogens with two attached hydrogens (primary N) is 1. The van der Waals surface area contributed by atoms with E-state index in [9.17, 15) is 9.59 Å². The van der Waals surface area contributed by atoms with Gasteiger partial charge in [0.05, 0.1) is 5.69 Å². The number of rotatable bonds is 4. The van der Waals surface area contributed by atoms with Crippen LogP contribution < -0.4 is 20.7 Å². The number of carbonyl (C=O) groups is 2. The number of hydrogen-bond donors (Lipinski definition) is 2. The van der Waals surface area contributed by atoms with Crippen LogP contribution in [0.25, 0.3) is 0 Å². The topological polar surface area (TPSA) is 84.7 Å². The maximum absolute atomic E-state index is 12.3. The Morgan fingerprint density at radius 2 is 2.19 bits per heavy atom. The summed E-state index contributed by atoms with van der Waals surface area (Å²) >= 11 is 0. The van der Waals surface area contributed by atoms with Crippen molar-refractivity contribution < 1.29 is 14.3 Å². The van der Waals surface area contributed by atoms with Gasteiger partial charge in [-0.2, -0.15) is 0 Å². The standard InChI is InChI=1S/C15H21N3O3/c1-9(2)7-17-14(19)8-18-12-6-11(16)4-5-13(12)21-10(3)15(18)20/h4-6,9-10H,7-8,16H2,1-3H3,(H,17,19). The van der Waals surface area contributed by atoms with Crippen LogP contribution in [0.15, 0.2) is 18.2 Å². The van der Waals surface area contributed by atoms with Crippen LogP contribution in [0, 0.1) is 5.92 Å². The first-order valence-electron chi connectivity index (χ1n) is 7.02. The number of nitrogens with one attached hydrogen (secondary N) is 1. The van der Waals surface area contributed by atoms with Gasteiger partial charge in [0.25, 0.3) is 5.91 Å². The fourth-order valence-electron chi connectivity index (χ4n) is 2.10. The molecule has 3 N–H and O–H groups in total. The lowest BCUT2D eigenvalue weighted by Crippen LogP contribution is -2.49. The summed E-state index contributed by atoms with van der Waals surface area (Å²) in [6, 6.07) is 5.07. The molecule has 0 spiro atoms. The second-order valence-corrected chi connectivity index (χ2v) is 5.61. The highest BCUT2D eigenvalue weighted by molar-refractivity contribution is 6.04. The summed E-state index contributed by atoms with van der Waals surface area (Å²) in [5.74, 6) is 0.483. The molecule has 0 bridgehead atoms. The molecule has 6 heteroatoms. The lowest BCUT2D eigenvalue weighted by molar-refractivity contribution is -0.128. The Labute approximate surface area is 124 Å². The molecule has 1 aromatic carbocycles. The Kier molecular flexibility index (Phi) is 4.35. The second kappa shape index (κ2) is 6.03. The number of anilines is 2. The number of benzene rings is 1. The van der Waals surface area contributed by atoms with Crippen molar-refractivity contribution in [2.45, 2.75) is 26.9 Å². The van der Waals surface area contributed by atoms with Crippen molar-refractivity contribution in [3.05, 3.63) is 18.2 Å². The molecule has 1 unspecified atom stereocenters. The molecule has 1 aliphatic heterocycles. The molecule has 0 aliphatic carbocycles. The van der Waals surface area contributed by atoms with E-state index in [-0.39, 0.29) is 18.4 Å². The zero-order chi connectivity index (χ0) is 15.6. The lowest BCUT2D eigenvalue weighted by Gasteiger charge is -2.32. The van der Waals surface area contributed by atoms with Crippen LogP contribution in [-0.4, -0.2) is 31.0 Å². The number of fused-ring (bicyclic) bond motifs is 1. The van der Waals surface area contributed by atoms with Gasteiger partial charge < -0.3 is 15.8 Å². The highest BCUT2D eigenvalue weighted by Crippen LogP contribution is 2.35. The molecule has 1 aromatic rings. The molecule has 2 amide bonds. The highest BCUT2D eigenvalue weighted by Gasteiger charge is 2.32. The maximum Gasteiger partial charge on any atom is 0.268 e. The minimum absolute atomic E-state index is 0.0320. The van der Waals surface area contributed by atoms with E-state index in [1.807, 2.05) is 13.8 Å². The summed E-state index contributed by atoms with van der Waals surface area (Å²) in [5, 5.41) is 2.81. The number of carbonyl (C=O) groups excluding carboxylic acids is 2. The van der Waals surface area contributed by atoms with Crippen LogP contribution in [0.1, 0.15) is 20.8 Å². The zero-order valence-corrected chi connectivity index (χ0v) is 12.6. The maximum atomic E-state index is 12.3. The minimum atomic E-state index is -0.612. The second-order valence-electron chi connectivity index (χ2n) is 5.61. The van der Waals surface area contributed by atoms with Gasteiger partial charge in [-0.1, -0.05) is 13.8 Å². The van der Waals surface area contributed by atoms with Gasteiger partial charge in [-0.3, -0.25) is 14.5 Å². The first-order valence-corrected chi connectivity index (χ1v) is 7.02. The van der Waals surface area contributed by atoms with E-state index < -0.39 is 6.10 Å². The molecular formula is C15H21N3O3. The van der Waals surface area contributed by atoms with Crippen LogP contribution in [0.4, 0.5) is 11.4 Å². The number of nitrogens with zero attached hydrogens (tertiary/aromatic N) is 1. The molecule has 21 heavy (non-hydrogen) atoms. The Morgan fingerprint density at radius 1 is 1.48 bits per heavy atom. The predicted octanol–water partition coefficient (Wildman–Crippen LogP) is 1.15. The molecule has 0 saturated carbocycles. The van der Waals surface area contributed by atoms with Gasteiger partial charge in [-0.05, 0) is 31.0 Å². The molecule has 6 nitrogen and oxygen atoms in total. The van der Waals surface area contributed by atoms with Gasteiger partial charge in [0.15, 0.2) is 6.10 Å². The normalized spacial score (nSPS) is 17.4. The van der Waals surface area contributed by atoms with E-state index >= 15 is 0 Å². The average Bonchev–Trinajstić information content (AvgIpc) is 2.42. The highest BCUT2D eigenvalue weighted by atomic mass is 16.5. The molecule has 0 aromatic heterocycles. The number of nitrogen functional groups attached to an aromatic ring is 1. The van der Waals surface area contributed by atoms with Crippen molar-refractivity contribution in [3.63, 3.8) is 0 Å². The Hall–Kier alpha value is -2.24. The summed E-state index contributed by atoms with van der Waals surface area (Å²) < 4.78 is 5.53. The van der Waals surface area contributed by atoms with Crippen molar-refractivity contribution in [2.24, 2.45) is 5.92 Å². The average molecular weight is 291 g/mol. The minimum Gasteiger partial charge on any atom is -0.479 e. The number of ether oxygens (including phenoxy) is 1. The zero-order valence-electron chi connectivity index (χ0n) is 12.6. The van der Waals surface area contributed by atoms with Crippen molar-refractivity contribution in [1.29, 1.82) is 0 Å². The van der Waals surface area contributed by atoms with Crippen LogP contribution in [-0.2, 0) is 9.59 Å². The van der Waals surface area contributed by atoms with E-state index in [0.717, 1.165) is 0 Å². The Balaban J connectivity index is 2.19. The third-order valence-electron chi connectivity index (χ3n) is 3.20. The lowest BCUT2D eigenvalue weighted by atomic mass is 10.1. The van der Waals surface area contributed by atoms with Crippen molar-refractivity contribution in [1.82, 2.24) is 5.32 Å². The molecule has 0 radical (unpaired) electrons. The summed E-state index contributed by atoms with van der Waals surface area (Å²) in [7, 11) is 0. The number of amides is 2. The first kappa shape index (κ1) is 15.2. The van der Waals surface area contributed by atoms with Gasteiger partial charge in [0, 0.05) is 12.2 Å². The third kappa shape index (κ3) is 3.45. The fourth-order valence-corrected chi connectivity index (χ4v) is 2.10. The smallest absolute Gasteiger partial charge is 0.268 e. The van der Waals surface area contributed by atoms with Crippen LogP contribution in [0.2, 0.25) is 0 Å². The van der Waals surface area contributed by atoms with Crippen molar-refractivity contribution in [3.8, 4) is 5.75 Å². The van der Waals surface area contributed by atoms with E-state index in [4.69, 9.17) is 10.5 Å². The first-order chi connectivity index (χ1) is 9.88. The van der Waals surface area contributed by atoms with Gasteiger partial charge in [-0.15, -0.1) is 0 Å². The van der Waals surface area contributed by atoms with E-state index in [0.29, 0.717) is 29.6 Å². The van der Waals surface area contributed by atoms with Gasteiger partial charge in [0.2, 0.25) is 5.91 Å². The van der Waals surface area contributed by atoms with Crippen molar-refractivity contribution in [2.75, 3.05) is 23.7 Å². The van der Waals surface area contributed by atoms with Gasteiger partial charge in [-0.25, -0.2) is 0 Å². The van der Waals surface area contributed by atoms with E-state index in [2.05, 4.69) is 5.32 Å². The molecular weight excluding hydrogens is 270 g/mol. The Bertz CT molecular complexity index is 557. The summed E-state index contributed by atoms with van der Waals surface area (Å²) in [4.78, 5) is 25.7. The fraction of sp³-hybridized carbons (Fsp3) is 0.467. The molecule has 114 valence electrons. The summed E-state index contributed by atoms with van der Waals surface area (Å²) in [5.41, 5.74) is 6.82. The molecule has 1 aliphatic rings. The SMILES string of the molecule is CC(C)CNC(=O)CN1C(=O)C(C)Oc2ccc(N)cc21.